The summed E-state index contributed by atoms with van der Waals surface area (Å²) >= 11 is 0. The molecule has 0 saturated heterocycles. The lowest BCUT2D eigenvalue weighted by Crippen LogP contribution is -2.10. The molecule has 0 fully saturated rings. The molecule has 0 aliphatic rings. The fourth-order valence-corrected chi connectivity index (χ4v) is 1.73. The van der Waals surface area contributed by atoms with E-state index >= 15 is 0 Å². The molecule has 2 aromatic rings. The van der Waals surface area contributed by atoms with E-state index in [0.29, 0.717) is 18.4 Å². The zero-order chi connectivity index (χ0) is 14.7. The number of rotatable bonds is 5. The predicted octanol–water partition coefficient (Wildman–Crippen LogP) is 3.24. The van der Waals surface area contributed by atoms with Gasteiger partial charge in [0.15, 0.2) is 0 Å². The Hall–Kier alpha value is -2.28. The fourth-order valence-electron chi connectivity index (χ4n) is 1.73. The van der Waals surface area contributed by atoms with E-state index in [0.717, 1.165) is 12.6 Å². The molecule has 1 aromatic heterocycles. The topological polar surface area (TPSA) is 68.3 Å². The largest absolute Gasteiger partial charge is 0.460 e. The number of hydrogen-bond acceptors (Lipinski definition) is 4. The van der Waals surface area contributed by atoms with Crippen molar-refractivity contribution in [1.82, 2.24) is 5.32 Å². The van der Waals surface area contributed by atoms with Gasteiger partial charge in [-0.05, 0) is 18.7 Å². The molecule has 0 amide bonds. The molecule has 0 aliphatic heterocycles. The van der Waals surface area contributed by atoms with E-state index in [1.54, 1.807) is 6.07 Å². The molecule has 0 spiro atoms. The molecule has 0 bridgehead atoms. The van der Waals surface area contributed by atoms with Crippen molar-refractivity contribution in [2.24, 2.45) is 0 Å². The van der Waals surface area contributed by atoms with Crippen LogP contribution >= 0.6 is 0 Å². The van der Waals surface area contributed by atoms with Gasteiger partial charge in [0.1, 0.15) is 17.3 Å². The zero-order valence-electron chi connectivity index (χ0n) is 10.7. The normalized spacial score (nSPS) is 10.8. The van der Waals surface area contributed by atoms with Crippen LogP contribution in [0.15, 0.2) is 28.7 Å². The summed E-state index contributed by atoms with van der Waals surface area (Å²) in [6.45, 7) is 3.13. The van der Waals surface area contributed by atoms with Gasteiger partial charge in [-0.15, -0.1) is 0 Å². The summed E-state index contributed by atoms with van der Waals surface area (Å²) in [7, 11) is 0. The lowest BCUT2D eigenvalue weighted by molar-refractivity contribution is -0.387. The lowest BCUT2D eigenvalue weighted by atomic mass is 10.1. The smallest absolute Gasteiger partial charge is 0.305 e. The van der Waals surface area contributed by atoms with Gasteiger partial charge >= 0.3 is 5.69 Å². The van der Waals surface area contributed by atoms with Crippen molar-refractivity contribution < 1.29 is 18.1 Å². The molecule has 1 N–H and O–H groups in total. The van der Waals surface area contributed by atoms with Gasteiger partial charge in [-0.3, -0.25) is 10.1 Å². The van der Waals surface area contributed by atoms with E-state index in [4.69, 9.17) is 4.42 Å². The lowest BCUT2D eigenvalue weighted by Gasteiger charge is -2.02. The Kier molecular flexibility index (Phi) is 4.09. The first-order chi connectivity index (χ1) is 9.52. The number of nitrogens with zero attached hydrogens (tertiary/aromatic N) is 1. The van der Waals surface area contributed by atoms with E-state index in [1.807, 2.05) is 6.92 Å². The summed E-state index contributed by atoms with van der Waals surface area (Å²) in [4.78, 5) is 9.76. The van der Waals surface area contributed by atoms with Crippen LogP contribution in [0.3, 0.4) is 0 Å². The molecule has 1 aromatic carbocycles. The Morgan fingerprint density at radius 2 is 2.05 bits per heavy atom. The molecule has 106 valence electrons. The minimum Gasteiger partial charge on any atom is -0.460 e. The van der Waals surface area contributed by atoms with Crippen molar-refractivity contribution in [3.8, 4) is 11.3 Å². The van der Waals surface area contributed by atoms with Crippen molar-refractivity contribution in [1.29, 1.82) is 0 Å². The van der Waals surface area contributed by atoms with Crippen LogP contribution < -0.4 is 5.32 Å². The summed E-state index contributed by atoms with van der Waals surface area (Å²) in [6, 6.07) is 4.44. The highest BCUT2D eigenvalue weighted by atomic mass is 19.1. The van der Waals surface area contributed by atoms with Gasteiger partial charge in [0, 0.05) is 12.1 Å². The number of nitrogens with one attached hydrogen (secondary N) is 1. The van der Waals surface area contributed by atoms with Crippen molar-refractivity contribution in [2.75, 3.05) is 6.54 Å². The Bertz CT molecular complexity index is 641. The maximum Gasteiger partial charge on any atom is 0.305 e. The average molecular weight is 282 g/mol. The molecular formula is C13H12F2N2O3. The minimum absolute atomic E-state index is 0.124. The van der Waals surface area contributed by atoms with E-state index in [-0.39, 0.29) is 11.3 Å². The van der Waals surface area contributed by atoms with Crippen LogP contribution in [0, 0.1) is 21.7 Å². The first-order valence-electron chi connectivity index (χ1n) is 5.96. The standard InChI is InChI=1S/C13H12F2N2O3/c1-2-16-7-8-3-4-13(20-8)9-5-12(17(18)19)11(15)6-10(9)14/h3-6,16H,2,7H2,1H3. The molecule has 5 nitrogen and oxygen atoms in total. The van der Waals surface area contributed by atoms with Gasteiger partial charge in [0.25, 0.3) is 0 Å². The Morgan fingerprint density at radius 1 is 1.30 bits per heavy atom. The van der Waals surface area contributed by atoms with Gasteiger partial charge in [0.2, 0.25) is 5.82 Å². The van der Waals surface area contributed by atoms with Crippen LogP contribution in [-0.4, -0.2) is 11.5 Å². The molecule has 0 radical (unpaired) electrons. The molecule has 2 rings (SSSR count). The highest BCUT2D eigenvalue weighted by molar-refractivity contribution is 5.62. The van der Waals surface area contributed by atoms with Crippen LogP contribution in [-0.2, 0) is 6.54 Å². The minimum atomic E-state index is -1.21. The second-order valence-electron chi connectivity index (χ2n) is 4.09. The van der Waals surface area contributed by atoms with Crippen LogP contribution in [0.25, 0.3) is 11.3 Å². The van der Waals surface area contributed by atoms with Crippen molar-refractivity contribution in [3.05, 3.63) is 51.8 Å². The number of hydrogen-bond donors (Lipinski definition) is 1. The first kappa shape index (κ1) is 14.1. The van der Waals surface area contributed by atoms with E-state index in [1.165, 1.54) is 6.07 Å². The van der Waals surface area contributed by atoms with Crippen molar-refractivity contribution >= 4 is 5.69 Å². The second-order valence-corrected chi connectivity index (χ2v) is 4.09. The fraction of sp³-hybridized carbons (Fsp3) is 0.231. The maximum absolute atomic E-state index is 13.7. The monoisotopic (exact) mass is 282 g/mol. The first-order valence-corrected chi connectivity index (χ1v) is 5.96. The summed E-state index contributed by atoms with van der Waals surface area (Å²) < 4.78 is 32.3. The third-order valence-electron chi connectivity index (χ3n) is 2.71. The Morgan fingerprint density at radius 3 is 2.70 bits per heavy atom. The van der Waals surface area contributed by atoms with Crippen molar-refractivity contribution in [2.45, 2.75) is 13.5 Å². The van der Waals surface area contributed by atoms with Crippen molar-refractivity contribution in [3.63, 3.8) is 0 Å². The highest BCUT2D eigenvalue weighted by Crippen LogP contribution is 2.30. The molecule has 0 unspecified atom stereocenters. The third-order valence-corrected chi connectivity index (χ3v) is 2.71. The van der Waals surface area contributed by atoms with Crippen LogP contribution in [0.5, 0.6) is 0 Å². The molecule has 0 atom stereocenters. The van der Waals surface area contributed by atoms with Gasteiger partial charge in [-0.1, -0.05) is 6.92 Å². The Labute approximate surface area is 113 Å². The zero-order valence-corrected chi connectivity index (χ0v) is 10.7. The molecule has 0 aliphatic carbocycles. The molecule has 20 heavy (non-hydrogen) atoms. The van der Waals surface area contributed by atoms with E-state index in [2.05, 4.69) is 5.32 Å². The highest BCUT2D eigenvalue weighted by Gasteiger charge is 2.21. The molecular weight excluding hydrogens is 270 g/mol. The van der Waals surface area contributed by atoms with Crippen LogP contribution in [0.4, 0.5) is 14.5 Å². The SMILES string of the molecule is CCNCc1ccc(-c2cc([N+](=O)[O-])c(F)cc2F)o1. The van der Waals surface area contributed by atoms with Crippen LogP contribution in [0.1, 0.15) is 12.7 Å². The number of halogens is 2. The number of nitro groups is 1. The summed E-state index contributed by atoms with van der Waals surface area (Å²) in [5.74, 6) is -1.43. The quantitative estimate of drug-likeness (QED) is 0.675. The van der Waals surface area contributed by atoms with Gasteiger partial charge in [-0.2, -0.15) is 4.39 Å². The molecule has 1 heterocycles. The maximum atomic E-state index is 13.7. The number of nitro benzene ring substituents is 1. The summed E-state index contributed by atoms with van der Waals surface area (Å²) in [5.41, 5.74) is -0.924. The van der Waals surface area contributed by atoms with E-state index in [9.17, 15) is 18.9 Å². The summed E-state index contributed by atoms with van der Waals surface area (Å²) in [5, 5.41) is 13.7. The van der Waals surface area contributed by atoms with Gasteiger partial charge in [-0.25, -0.2) is 4.39 Å². The van der Waals surface area contributed by atoms with Crippen LogP contribution in [0.2, 0.25) is 0 Å². The number of benzene rings is 1. The van der Waals surface area contributed by atoms with Gasteiger partial charge in [0.05, 0.1) is 17.0 Å². The van der Waals surface area contributed by atoms with Gasteiger partial charge < -0.3 is 9.73 Å². The van der Waals surface area contributed by atoms with E-state index < -0.39 is 22.2 Å². The third kappa shape index (κ3) is 2.83. The molecule has 0 saturated carbocycles. The molecule has 7 heteroatoms. The number of furan rings is 1. The Balaban J connectivity index is 2.39. The predicted molar refractivity (Wildman–Crippen MR) is 68.1 cm³/mol. The summed E-state index contributed by atoms with van der Waals surface area (Å²) in [6.07, 6.45) is 0. The second kappa shape index (κ2) is 5.79. The average Bonchev–Trinajstić information content (AvgIpc) is 2.84.